The van der Waals surface area contributed by atoms with Gasteiger partial charge in [0.05, 0.1) is 17.8 Å². The van der Waals surface area contributed by atoms with E-state index in [9.17, 15) is 0 Å². The topological polar surface area (TPSA) is 30.5 Å². The molecule has 2 saturated heterocycles. The van der Waals surface area contributed by atoms with Crippen molar-refractivity contribution in [2.24, 2.45) is 0 Å². The lowest BCUT2D eigenvalue weighted by molar-refractivity contribution is -0.146. The SMILES string of the molecule is C1CNCC(OC2CCOC3(CCCC3)C2)C1. The zero-order valence-electron chi connectivity index (χ0n) is 10.7. The molecular weight excluding hydrogens is 214 g/mol. The van der Waals surface area contributed by atoms with Crippen LogP contribution in [0, 0.1) is 0 Å². The number of rotatable bonds is 2. The van der Waals surface area contributed by atoms with Gasteiger partial charge in [-0.25, -0.2) is 0 Å². The minimum atomic E-state index is 0.199. The van der Waals surface area contributed by atoms with Gasteiger partial charge in [0.15, 0.2) is 0 Å². The third-order valence-electron chi connectivity index (χ3n) is 4.60. The predicted molar refractivity (Wildman–Crippen MR) is 67.1 cm³/mol. The second-order valence-corrected chi connectivity index (χ2v) is 5.96. The molecule has 2 unspecified atom stereocenters. The van der Waals surface area contributed by atoms with Crippen molar-refractivity contribution in [3.8, 4) is 0 Å². The van der Waals surface area contributed by atoms with E-state index in [1.165, 1.54) is 38.5 Å². The molecule has 0 aromatic rings. The van der Waals surface area contributed by atoms with Gasteiger partial charge in [0, 0.05) is 19.6 Å². The summed E-state index contributed by atoms with van der Waals surface area (Å²) in [5, 5.41) is 3.43. The monoisotopic (exact) mass is 239 g/mol. The maximum Gasteiger partial charge on any atom is 0.0707 e. The minimum absolute atomic E-state index is 0.199. The van der Waals surface area contributed by atoms with E-state index in [4.69, 9.17) is 9.47 Å². The van der Waals surface area contributed by atoms with Crippen LogP contribution in [-0.2, 0) is 9.47 Å². The second-order valence-electron chi connectivity index (χ2n) is 5.96. The first-order valence-electron chi connectivity index (χ1n) is 7.36. The van der Waals surface area contributed by atoms with Crippen LogP contribution in [0.25, 0.3) is 0 Å². The van der Waals surface area contributed by atoms with E-state index in [0.717, 1.165) is 32.5 Å². The van der Waals surface area contributed by atoms with Crippen molar-refractivity contribution >= 4 is 0 Å². The molecule has 2 atom stereocenters. The van der Waals surface area contributed by atoms with Gasteiger partial charge in [0.2, 0.25) is 0 Å². The largest absolute Gasteiger partial charge is 0.375 e. The third kappa shape index (κ3) is 2.83. The molecule has 3 aliphatic rings. The maximum absolute atomic E-state index is 6.28. The van der Waals surface area contributed by atoms with E-state index < -0.39 is 0 Å². The lowest BCUT2D eigenvalue weighted by Crippen LogP contribution is -2.44. The molecule has 98 valence electrons. The molecule has 1 spiro atoms. The van der Waals surface area contributed by atoms with E-state index in [1.54, 1.807) is 0 Å². The maximum atomic E-state index is 6.28. The summed E-state index contributed by atoms with van der Waals surface area (Å²) >= 11 is 0. The Labute approximate surface area is 104 Å². The molecule has 0 aromatic carbocycles. The quantitative estimate of drug-likeness (QED) is 0.801. The minimum Gasteiger partial charge on any atom is -0.375 e. The van der Waals surface area contributed by atoms with Crippen molar-refractivity contribution in [1.29, 1.82) is 0 Å². The van der Waals surface area contributed by atoms with Gasteiger partial charge in [-0.2, -0.15) is 0 Å². The molecule has 1 saturated carbocycles. The van der Waals surface area contributed by atoms with E-state index in [1.807, 2.05) is 0 Å². The number of nitrogens with one attached hydrogen (secondary N) is 1. The van der Waals surface area contributed by atoms with E-state index in [-0.39, 0.29) is 5.60 Å². The van der Waals surface area contributed by atoms with Crippen LogP contribution in [0.5, 0.6) is 0 Å². The molecule has 0 radical (unpaired) electrons. The van der Waals surface area contributed by atoms with E-state index >= 15 is 0 Å². The normalized spacial score (nSPS) is 37.4. The average Bonchev–Trinajstić information content (AvgIpc) is 2.79. The Hall–Kier alpha value is -0.120. The predicted octanol–water partition coefficient (Wildman–Crippen LogP) is 2.25. The molecular formula is C14H25NO2. The van der Waals surface area contributed by atoms with Gasteiger partial charge in [-0.05, 0) is 38.6 Å². The summed E-state index contributed by atoms with van der Waals surface area (Å²) in [5.74, 6) is 0. The second kappa shape index (κ2) is 5.25. The highest BCUT2D eigenvalue weighted by Crippen LogP contribution is 2.41. The van der Waals surface area contributed by atoms with Crippen LogP contribution in [0.4, 0.5) is 0 Å². The van der Waals surface area contributed by atoms with Crippen LogP contribution >= 0.6 is 0 Å². The molecule has 3 rings (SSSR count). The summed E-state index contributed by atoms with van der Waals surface area (Å²) in [6.45, 7) is 3.12. The lowest BCUT2D eigenvalue weighted by atomic mass is 9.90. The molecule has 3 fully saturated rings. The van der Waals surface area contributed by atoms with Crippen molar-refractivity contribution in [2.75, 3.05) is 19.7 Å². The molecule has 0 bridgehead atoms. The molecule has 3 heteroatoms. The van der Waals surface area contributed by atoms with Gasteiger partial charge in [-0.1, -0.05) is 12.8 Å². The van der Waals surface area contributed by atoms with Crippen molar-refractivity contribution in [1.82, 2.24) is 5.32 Å². The first-order chi connectivity index (χ1) is 8.36. The first-order valence-corrected chi connectivity index (χ1v) is 7.36. The highest BCUT2D eigenvalue weighted by atomic mass is 16.5. The molecule has 2 aliphatic heterocycles. The van der Waals surface area contributed by atoms with E-state index in [2.05, 4.69) is 5.32 Å². The Morgan fingerprint density at radius 1 is 1.06 bits per heavy atom. The van der Waals surface area contributed by atoms with Crippen LogP contribution < -0.4 is 5.32 Å². The van der Waals surface area contributed by atoms with Crippen LogP contribution in [0.2, 0.25) is 0 Å². The average molecular weight is 239 g/mol. The highest BCUT2D eigenvalue weighted by molar-refractivity contribution is 4.92. The van der Waals surface area contributed by atoms with Crippen molar-refractivity contribution in [3.05, 3.63) is 0 Å². The Kier molecular flexibility index (Phi) is 3.69. The fourth-order valence-electron chi connectivity index (χ4n) is 3.67. The fraction of sp³-hybridized carbons (Fsp3) is 1.00. The Balaban J connectivity index is 1.52. The zero-order chi connectivity index (χ0) is 11.6. The number of ether oxygens (including phenoxy) is 2. The molecule has 0 amide bonds. The summed E-state index contributed by atoms with van der Waals surface area (Å²) in [6, 6.07) is 0. The van der Waals surface area contributed by atoms with Gasteiger partial charge in [-0.3, -0.25) is 0 Å². The number of hydrogen-bond acceptors (Lipinski definition) is 3. The van der Waals surface area contributed by atoms with Gasteiger partial charge in [0.1, 0.15) is 0 Å². The van der Waals surface area contributed by atoms with Crippen molar-refractivity contribution < 1.29 is 9.47 Å². The smallest absolute Gasteiger partial charge is 0.0707 e. The summed E-state index contributed by atoms with van der Waals surface area (Å²) in [5.41, 5.74) is 0.199. The van der Waals surface area contributed by atoms with Crippen LogP contribution in [0.1, 0.15) is 51.4 Å². The molecule has 2 heterocycles. The van der Waals surface area contributed by atoms with Crippen molar-refractivity contribution in [2.45, 2.75) is 69.2 Å². The van der Waals surface area contributed by atoms with E-state index in [0.29, 0.717) is 12.2 Å². The Morgan fingerprint density at radius 2 is 1.94 bits per heavy atom. The number of piperidine rings is 1. The zero-order valence-corrected chi connectivity index (χ0v) is 10.7. The third-order valence-corrected chi connectivity index (χ3v) is 4.60. The highest BCUT2D eigenvalue weighted by Gasteiger charge is 2.40. The summed E-state index contributed by atoms with van der Waals surface area (Å²) in [4.78, 5) is 0. The summed E-state index contributed by atoms with van der Waals surface area (Å²) in [6.07, 6.45) is 10.8. The van der Waals surface area contributed by atoms with Gasteiger partial charge < -0.3 is 14.8 Å². The van der Waals surface area contributed by atoms with Gasteiger partial charge in [-0.15, -0.1) is 0 Å². The van der Waals surface area contributed by atoms with Crippen molar-refractivity contribution in [3.63, 3.8) is 0 Å². The molecule has 1 aliphatic carbocycles. The van der Waals surface area contributed by atoms with Crippen LogP contribution in [0.15, 0.2) is 0 Å². The molecule has 17 heavy (non-hydrogen) atoms. The standard InChI is InChI=1S/C14H25NO2/c1-2-7-14(6-1)10-12(5-9-16-14)17-13-4-3-8-15-11-13/h12-13,15H,1-11H2. The Bertz CT molecular complexity index is 245. The summed E-state index contributed by atoms with van der Waals surface area (Å²) < 4.78 is 12.3. The van der Waals surface area contributed by atoms with Gasteiger partial charge >= 0.3 is 0 Å². The van der Waals surface area contributed by atoms with Crippen LogP contribution in [-0.4, -0.2) is 37.5 Å². The lowest BCUT2D eigenvalue weighted by Gasteiger charge is -2.40. The Morgan fingerprint density at radius 3 is 2.71 bits per heavy atom. The summed E-state index contributed by atoms with van der Waals surface area (Å²) in [7, 11) is 0. The molecule has 0 aromatic heterocycles. The van der Waals surface area contributed by atoms with Crippen LogP contribution in [0.3, 0.4) is 0 Å². The fourth-order valence-corrected chi connectivity index (χ4v) is 3.67. The molecule has 1 N–H and O–H groups in total. The van der Waals surface area contributed by atoms with Gasteiger partial charge in [0.25, 0.3) is 0 Å². The molecule has 3 nitrogen and oxygen atoms in total. The number of hydrogen-bond donors (Lipinski definition) is 1. The first kappa shape index (κ1) is 11.9.